The van der Waals surface area contributed by atoms with Crippen molar-refractivity contribution in [3.63, 3.8) is 0 Å². The maximum Gasteiger partial charge on any atom is 0.574 e. The van der Waals surface area contributed by atoms with Gasteiger partial charge in [-0.1, -0.05) is 0 Å². The summed E-state index contributed by atoms with van der Waals surface area (Å²) in [5.41, 5.74) is 0.0318. The van der Waals surface area contributed by atoms with E-state index in [0.717, 1.165) is 0 Å². The number of nitrogens with zero attached hydrogens (tertiary/aromatic N) is 1. The lowest BCUT2D eigenvalue weighted by Crippen LogP contribution is -2.21. The minimum atomic E-state index is -4.91. The average molecular weight is 375 g/mol. The largest absolute Gasteiger partial charge is 0.574 e. The lowest BCUT2D eigenvalue weighted by Gasteiger charge is -2.14. The molecule has 1 aromatic heterocycles. The molecule has 0 amide bonds. The Bertz CT molecular complexity index is 462. The van der Waals surface area contributed by atoms with E-state index >= 15 is 0 Å². The summed E-state index contributed by atoms with van der Waals surface area (Å²) in [7, 11) is 0. The third-order valence-electron chi connectivity index (χ3n) is 1.93. The Morgan fingerprint density at radius 3 is 2.61 bits per heavy atom. The molecule has 0 N–H and O–H groups in total. The molecular formula is C10H9F3INO3. The van der Waals surface area contributed by atoms with Crippen molar-refractivity contribution in [3.8, 4) is 5.88 Å². The van der Waals surface area contributed by atoms with E-state index in [1.54, 1.807) is 6.92 Å². The van der Waals surface area contributed by atoms with Crippen LogP contribution in [0.5, 0.6) is 5.88 Å². The van der Waals surface area contributed by atoms with E-state index in [4.69, 9.17) is 0 Å². The molecule has 100 valence electrons. The minimum Gasteiger partial charge on any atom is -0.462 e. The van der Waals surface area contributed by atoms with Crippen LogP contribution >= 0.6 is 22.6 Å². The second-order valence-electron chi connectivity index (χ2n) is 3.18. The summed E-state index contributed by atoms with van der Waals surface area (Å²) in [6.45, 7) is 3.10. The van der Waals surface area contributed by atoms with Crippen LogP contribution in [0, 0.1) is 10.5 Å². The second-order valence-corrected chi connectivity index (χ2v) is 4.34. The first-order valence-corrected chi connectivity index (χ1v) is 5.92. The van der Waals surface area contributed by atoms with Gasteiger partial charge in [0, 0.05) is 9.77 Å². The molecule has 0 saturated carbocycles. The summed E-state index contributed by atoms with van der Waals surface area (Å²) in [5, 5.41) is 0. The zero-order valence-electron chi connectivity index (χ0n) is 9.47. The molecule has 0 aliphatic heterocycles. The van der Waals surface area contributed by atoms with Crippen LogP contribution in [0.1, 0.15) is 22.8 Å². The highest BCUT2D eigenvalue weighted by molar-refractivity contribution is 14.1. The maximum atomic E-state index is 12.2. The summed E-state index contributed by atoms with van der Waals surface area (Å²) >= 11 is 1.86. The normalized spacial score (nSPS) is 11.2. The van der Waals surface area contributed by atoms with Gasteiger partial charge in [-0.25, -0.2) is 9.78 Å². The highest BCUT2D eigenvalue weighted by Gasteiger charge is 2.35. The SMILES string of the molecule is CCOC(=O)c1c(OC(F)(F)F)ncc(I)c1C. The van der Waals surface area contributed by atoms with Gasteiger partial charge in [0.15, 0.2) is 0 Å². The van der Waals surface area contributed by atoms with Gasteiger partial charge in [-0.05, 0) is 42.0 Å². The standard InChI is InChI=1S/C10H9F3INO3/c1-3-17-9(16)7-5(2)6(14)4-15-8(7)18-10(11,12)13/h4H,3H2,1-2H3. The quantitative estimate of drug-likeness (QED) is 0.602. The van der Waals surface area contributed by atoms with E-state index in [9.17, 15) is 18.0 Å². The first-order valence-electron chi connectivity index (χ1n) is 4.84. The summed E-state index contributed by atoms with van der Waals surface area (Å²) in [6, 6.07) is 0. The number of esters is 1. The van der Waals surface area contributed by atoms with Crippen molar-refractivity contribution in [2.24, 2.45) is 0 Å². The van der Waals surface area contributed by atoms with Crippen molar-refractivity contribution in [2.75, 3.05) is 6.61 Å². The van der Waals surface area contributed by atoms with Crippen molar-refractivity contribution in [1.29, 1.82) is 0 Å². The number of ether oxygens (including phenoxy) is 2. The van der Waals surface area contributed by atoms with Gasteiger partial charge >= 0.3 is 12.3 Å². The van der Waals surface area contributed by atoms with Crippen LogP contribution < -0.4 is 4.74 Å². The molecule has 4 nitrogen and oxygen atoms in total. The zero-order chi connectivity index (χ0) is 13.9. The van der Waals surface area contributed by atoms with Gasteiger partial charge in [0.25, 0.3) is 0 Å². The molecule has 0 aromatic carbocycles. The third-order valence-corrected chi connectivity index (χ3v) is 3.02. The average Bonchev–Trinajstić information content (AvgIpc) is 2.22. The van der Waals surface area contributed by atoms with Gasteiger partial charge in [0.1, 0.15) is 5.56 Å². The summed E-state index contributed by atoms with van der Waals surface area (Å²) < 4.78 is 45.5. The fraction of sp³-hybridized carbons (Fsp3) is 0.400. The Morgan fingerprint density at radius 2 is 2.11 bits per heavy atom. The molecular weight excluding hydrogens is 366 g/mol. The number of rotatable bonds is 3. The minimum absolute atomic E-state index is 0.0508. The summed E-state index contributed by atoms with van der Waals surface area (Å²) in [5.74, 6) is -1.68. The predicted molar refractivity (Wildman–Crippen MR) is 64.3 cm³/mol. The number of alkyl halides is 3. The third kappa shape index (κ3) is 3.72. The highest BCUT2D eigenvalue weighted by atomic mass is 127. The Labute approximate surface area is 115 Å². The number of aromatic nitrogens is 1. The van der Waals surface area contributed by atoms with E-state index in [0.29, 0.717) is 9.13 Å². The molecule has 0 aliphatic carbocycles. The fourth-order valence-corrected chi connectivity index (χ4v) is 1.60. The van der Waals surface area contributed by atoms with E-state index < -0.39 is 18.2 Å². The second kappa shape index (κ2) is 5.72. The molecule has 0 aliphatic rings. The lowest BCUT2D eigenvalue weighted by molar-refractivity contribution is -0.276. The molecule has 1 aromatic rings. The smallest absolute Gasteiger partial charge is 0.462 e. The first kappa shape index (κ1) is 15.0. The molecule has 0 unspecified atom stereocenters. The number of carbonyl (C=O) groups excluding carboxylic acids is 1. The molecule has 0 spiro atoms. The van der Waals surface area contributed by atoms with Crippen molar-refractivity contribution >= 4 is 28.6 Å². The summed E-state index contributed by atoms with van der Waals surface area (Å²) in [6.07, 6.45) is -3.72. The van der Waals surface area contributed by atoms with Crippen LogP contribution in [-0.2, 0) is 4.74 Å². The molecule has 0 saturated heterocycles. The highest BCUT2D eigenvalue weighted by Crippen LogP contribution is 2.29. The van der Waals surface area contributed by atoms with E-state index in [2.05, 4.69) is 14.5 Å². The van der Waals surface area contributed by atoms with E-state index in [1.807, 2.05) is 22.6 Å². The Balaban J connectivity index is 3.25. The molecule has 18 heavy (non-hydrogen) atoms. The van der Waals surface area contributed by atoms with Gasteiger partial charge < -0.3 is 9.47 Å². The van der Waals surface area contributed by atoms with E-state index in [1.165, 1.54) is 13.1 Å². The van der Waals surface area contributed by atoms with Crippen LogP contribution in [-0.4, -0.2) is 23.9 Å². The monoisotopic (exact) mass is 375 g/mol. The molecule has 8 heteroatoms. The van der Waals surface area contributed by atoms with Gasteiger partial charge in [-0.3, -0.25) is 0 Å². The van der Waals surface area contributed by atoms with Crippen molar-refractivity contribution in [2.45, 2.75) is 20.2 Å². The number of carbonyl (C=O) groups is 1. The van der Waals surface area contributed by atoms with Crippen LogP contribution in [0.3, 0.4) is 0 Å². The fourth-order valence-electron chi connectivity index (χ4n) is 1.19. The molecule has 1 rings (SSSR count). The van der Waals surface area contributed by atoms with Crippen LogP contribution in [0.25, 0.3) is 0 Å². The first-order chi connectivity index (χ1) is 8.26. The topological polar surface area (TPSA) is 48.4 Å². The van der Waals surface area contributed by atoms with Crippen molar-refractivity contribution in [3.05, 3.63) is 20.9 Å². The van der Waals surface area contributed by atoms with Gasteiger partial charge in [-0.15, -0.1) is 13.2 Å². The summed E-state index contributed by atoms with van der Waals surface area (Å²) in [4.78, 5) is 15.1. The van der Waals surface area contributed by atoms with Gasteiger partial charge in [-0.2, -0.15) is 0 Å². The molecule has 0 atom stereocenters. The van der Waals surface area contributed by atoms with Gasteiger partial charge in [0.05, 0.1) is 6.61 Å². The number of halogens is 4. The lowest BCUT2D eigenvalue weighted by atomic mass is 10.1. The van der Waals surface area contributed by atoms with E-state index in [-0.39, 0.29) is 12.2 Å². The van der Waals surface area contributed by atoms with Crippen LogP contribution in [0.15, 0.2) is 6.20 Å². The van der Waals surface area contributed by atoms with Crippen LogP contribution in [0.4, 0.5) is 13.2 Å². The van der Waals surface area contributed by atoms with Gasteiger partial charge in [0.2, 0.25) is 5.88 Å². The molecule has 0 radical (unpaired) electrons. The molecule has 1 heterocycles. The zero-order valence-corrected chi connectivity index (χ0v) is 11.6. The van der Waals surface area contributed by atoms with Crippen LogP contribution in [0.2, 0.25) is 0 Å². The Kier molecular flexibility index (Phi) is 4.77. The number of hydrogen-bond acceptors (Lipinski definition) is 4. The van der Waals surface area contributed by atoms with Crippen molar-refractivity contribution < 1.29 is 27.4 Å². The predicted octanol–water partition coefficient (Wildman–Crippen LogP) is 3.07. The van der Waals surface area contributed by atoms with Crippen molar-refractivity contribution in [1.82, 2.24) is 4.98 Å². The Hall–Kier alpha value is -1.06. The maximum absolute atomic E-state index is 12.2. The number of pyridine rings is 1. The molecule has 0 bridgehead atoms. The Morgan fingerprint density at radius 1 is 1.50 bits per heavy atom. The number of hydrogen-bond donors (Lipinski definition) is 0. The molecule has 0 fully saturated rings.